The minimum absolute atomic E-state index is 0.0193. The average molecular weight is 192 g/mol. The molecule has 0 aromatic carbocycles. The number of halogens is 2. The van der Waals surface area contributed by atoms with Crippen molar-refractivity contribution in [1.82, 2.24) is 0 Å². The number of ether oxygens (including phenoxy) is 1. The van der Waals surface area contributed by atoms with Gasteiger partial charge in [0.25, 0.3) is 0 Å². The Morgan fingerprint density at radius 3 is 2.62 bits per heavy atom. The Morgan fingerprint density at radius 2 is 2.15 bits per heavy atom. The van der Waals surface area contributed by atoms with Crippen LogP contribution in [0.15, 0.2) is 0 Å². The van der Waals surface area contributed by atoms with Crippen LogP contribution in [-0.4, -0.2) is 30.3 Å². The first-order valence-corrected chi connectivity index (χ1v) is 4.66. The van der Waals surface area contributed by atoms with Crippen molar-refractivity contribution in [3.63, 3.8) is 0 Å². The molecular weight excluding hydrogens is 178 g/mol. The fourth-order valence-electron chi connectivity index (χ4n) is 2.48. The fraction of sp³-hybridized carbons (Fsp3) is 1.00. The van der Waals surface area contributed by atoms with Gasteiger partial charge in [-0.05, 0) is 12.8 Å². The first-order chi connectivity index (χ1) is 6.05. The lowest BCUT2D eigenvalue weighted by atomic mass is 9.84. The highest BCUT2D eigenvalue weighted by Gasteiger charge is 2.52. The van der Waals surface area contributed by atoms with Gasteiger partial charge in [0.2, 0.25) is 5.92 Å². The van der Waals surface area contributed by atoms with Crippen molar-refractivity contribution in [1.29, 1.82) is 0 Å². The Morgan fingerprint density at radius 1 is 1.38 bits per heavy atom. The average Bonchev–Trinajstić information content (AvgIpc) is 2.57. The standard InChI is InChI=1S/C9H14F2O2/c10-9(11)2-1-8(5-9)3-7(4-12)13-6-8/h7,12H,1-6H2. The molecule has 0 aromatic rings. The van der Waals surface area contributed by atoms with Crippen molar-refractivity contribution in [2.75, 3.05) is 13.2 Å². The SMILES string of the molecule is OCC1CC2(CCC(F)(F)C2)CO1. The summed E-state index contributed by atoms with van der Waals surface area (Å²) in [4.78, 5) is 0. The van der Waals surface area contributed by atoms with Gasteiger partial charge in [0.05, 0.1) is 19.3 Å². The predicted octanol–water partition coefficient (Wildman–Crippen LogP) is 1.57. The topological polar surface area (TPSA) is 29.5 Å². The van der Waals surface area contributed by atoms with Crippen molar-refractivity contribution < 1.29 is 18.6 Å². The second-order valence-electron chi connectivity index (χ2n) is 4.35. The van der Waals surface area contributed by atoms with Gasteiger partial charge in [-0.2, -0.15) is 0 Å². The van der Waals surface area contributed by atoms with Crippen LogP contribution < -0.4 is 0 Å². The van der Waals surface area contributed by atoms with E-state index in [0.717, 1.165) is 0 Å². The fourth-order valence-corrected chi connectivity index (χ4v) is 2.48. The first-order valence-electron chi connectivity index (χ1n) is 4.66. The van der Waals surface area contributed by atoms with Crippen molar-refractivity contribution in [3.05, 3.63) is 0 Å². The summed E-state index contributed by atoms with van der Waals surface area (Å²) in [6, 6.07) is 0. The molecule has 0 bridgehead atoms. The molecule has 2 rings (SSSR count). The Labute approximate surface area is 75.9 Å². The van der Waals surface area contributed by atoms with Gasteiger partial charge >= 0.3 is 0 Å². The highest BCUT2D eigenvalue weighted by Crippen LogP contribution is 2.52. The molecule has 2 atom stereocenters. The van der Waals surface area contributed by atoms with E-state index in [1.807, 2.05) is 0 Å². The second-order valence-corrected chi connectivity index (χ2v) is 4.35. The lowest BCUT2D eigenvalue weighted by Crippen LogP contribution is -2.21. The third-order valence-electron chi connectivity index (χ3n) is 3.14. The van der Waals surface area contributed by atoms with E-state index in [0.29, 0.717) is 19.4 Å². The van der Waals surface area contributed by atoms with E-state index < -0.39 is 5.92 Å². The van der Waals surface area contributed by atoms with Gasteiger partial charge < -0.3 is 9.84 Å². The maximum absolute atomic E-state index is 13.0. The molecule has 13 heavy (non-hydrogen) atoms. The van der Waals surface area contributed by atoms with Gasteiger partial charge in [0.1, 0.15) is 0 Å². The third-order valence-corrected chi connectivity index (χ3v) is 3.14. The smallest absolute Gasteiger partial charge is 0.248 e. The van der Waals surface area contributed by atoms with E-state index in [4.69, 9.17) is 9.84 Å². The molecule has 1 heterocycles. The van der Waals surface area contributed by atoms with Crippen LogP contribution in [0.3, 0.4) is 0 Å². The lowest BCUT2D eigenvalue weighted by molar-refractivity contribution is -0.00584. The normalized spacial score (nSPS) is 43.2. The summed E-state index contributed by atoms with van der Waals surface area (Å²) in [5, 5.41) is 8.83. The van der Waals surface area contributed by atoms with Crippen molar-refractivity contribution in [2.24, 2.45) is 5.41 Å². The molecule has 2 unspecified atom stereocenters. The van der Waals surface area contributed by atoms with E-state index in [1.54, 1.807) is 0 Å². The second kappa shape index (κ2) is 2.89. The number of hydrogen-bond donors (Lipinski definition) is 1. The van der Waals surface area contributed by atoms with Crippen molar-refractivity contribution in [3.8, 4) is 0 Å². The van der Waals surface area contributed by atoms with Gasteiger partial charge in [-0.3, -0.25) is 0 Å². The minimum Gasteiger partial charge on any atom is -0.394 e. The molecule has 1 aliphatic heterocycles. The molecule has 1 saturated heterocycles. The Bertz CT molecular complexity index is 208. The van der Waals surface area contributed by atoms with Crippen LogP contribution in [0.25, 0.3) is 0 Å². The summed E-state index contributed by atoms with van der Waals surface area (Å²) in [6.45, 7) is 0.348. The molecule has 1 spiro atoms. The molecule has 76 valence electrons. The molecule has 1 N–H and O–H groups in total. The largest absolute Gasteiger partial charge is 0.394 e. The van der Waals surface area contributed by atoms with Crippen molar-refractivity contribution >= 4 is 0 Å². The zero-order chi connectivity index (χ0) is 9.53. The Kier molecular flexibility index (Phi) is 2.07. The van der Waals surface area contributed by atoms with E-state index in [9.17, 15) is 8.78 Å². The summed E-state index contributed by atoms with van der Waals surface area (Å²) < 4.78 is 31.2. The summed E-state index contributed by atoms with van der Waals surface area (Å²) in [7, 11) is 0. The van der Waals surface area contributed by atoms with Gasteiger partial charge in [-0.15, -0.1) is 0 Å². The highest BCUT2D eigenvalue weighted by atomic mass is 19.3. The molecule has 2 aliphatic rings. The number of aliphatic hydroxyl groups is 1. The molecule has 4 heteroatoms. The van der Waals surface area contributed by atoms with Gasteiger partial charge in [-0.1, -0.05) is 0 Å². The molecule has 1 aliphatic carbocycles. The summed E-state index contributed by atoms with van der Waals surface area (Å²) in [5.41, 5.74) is -0.336. The van der Waals surface area contributed by atoms with Gasteiger partial charge in [0, 0.05) is 18.3 Å². The summed E-state index contributed by atoms with van der Waals surface area (Å²) in [5.74, 6) is -2.51. The minimum atomic E-state index is -2.51. The zero-order valence-corrected chi connectivity index (χ0v) is 7.43. The van der Waals surface area contributed by atoms with E-state index in [2.05, 4.69) is 0 Å². The van der Waals surface area contributed by atoms with Crippen LogP contribution in [0.1, 0.15) is 25.7 Å². The Hall–Kier alpha value is -0.220. The lowest BCUT2D eigenvalue weighted by Gasteiger charge is -2.20. The molecule has 0 aromatic heterocycles. The quantitative estimate of drug-likeness (QED) is 0.683. The van der Waals surface area contributed by atoms with Crippen LogP contribution >= 0.6 is 0 Å². The molecule has 2 fully saturated rings. The van der Waals surface area contributed by atoms with E-state index in [-0.39, 0.29) is 31.0 Å². The van der Waals surface area contributed by atoms with Crippen molar-refractivity contribution in [2.45, 2.75) is 37.7 Å². The van der Waals surface area contributed by atoms with Crippen LogP contribution in [0.2, 0.25) is 0 Å². The number of aliphatic hydroxyl groups excluding tert-OH is 1. The number of hydrogen-bond acceptors (Lipinski definition) is 2. The number of alkyl halides is 2. The first kappa shape index (κ1) is 9.34. The maximum atomic E-state index is 13.0. The molecule has 1 saturated carbocycles. The van der Waals surface area contributed by atoms with Gasteiger partial charge in [0.15, 0.2) is 0 Å². The van der Waals surface area contributed by atoms with Crippen LogP contribution in [-0.2, 0) is 4.74 Å². The molecule has 0 amide bonds. The monoisotopic (exact) mass is 192 g/mol. The molecular formula is C9H14F2O2. The summed E-state index contributed by atoms with van der Waals surface area (Å²) >= 11 is 0. The van der Waals surface area contributed by atoms with Crippen LogP contribution in [0.5, 0.6) is 0 Å². The Balaban J connectivity index is 2.01. The predicted molar refractivity (Wildman–Crippen MR) is 42.7 cm³/mol. The zero-order valence-electron chi connectivity index (χ0n) is 7.43. The van der Waals surface area contributed by atoms with Crippen LogP contribution in [0.4, 0.5) is 8.78 Å². The highest BCUT2D eigenvalue weighted by molar-refractivity contribution is 4.97. The third kappa shape index (κ3) is 1.70. The number of rotatable bonds is 1. The van der Waals surface area contributed by atoms with E-state index >= 15 is 0 Å². The summed E-state index contributed by atoms with van der Waals surface area (Å²) in [6.07, 6.45) is 0.842. The van der Waals surface area contributed by atoms with Gasteiger partial charge in [-0.25, -0.2) is 8.78 Å². The van der Waals surface area contributed by atoms with Crippen LogP contribution in [0, 0.1) is 5.41 Å². The maximum Gasteiger partial charge on any atom is 0.248 e. The molecule has 2 nitrogen and oxygen atoms in total. The molecule has 0 radical (unpaired) electrons. The van der Waals surface area contributed by atoms with E-state index in [1.165, 1.54) is 0 Å².